The number of allylic oxidation sites excluding steroid dienone is 4. The molecular weight excluding hydrogens is 520 g/mol. The largest absolute Gasteiger partial charge is 0.457 e. The fourth-order valence-corrected chi connectivity index (χ4v) is 9.50. The molecule has 4 fully saturated rings. The third-order valence-electron chi connectivity index (χ3n) is 11.3. The Morgan fingerprint density at radius 2 is 2.07 bits per heavy atom. The maximum atomic E-state index is 14.4. The van der Waals surface area contributed by atoms with E-state index in [0.29, 0.717) is 25.3 Å². The number of aliphatic hydroxyl groups is 1. The molecule has 2 aromatic rings. The number of aliphatic hydroxyl groups excluding tert-OH is 1. The predicted octanol–water partition coefficient (Wildman–Crippen LogP) is 4.69. The van der Waals surface area contributed by atoms with Crippen LogP contribution in [0.25, 0.3) is 11.0 Å². The Kier molecular flexibility index (Phi) is 6.17. The summed E-state index contributed by atoms with van der Waals surface area (Å²) in [5, 5.41) is 11.9. The van der Waals surface area contributed by atoms with Gasteiger partial charge in [0.1, 0.15) is 0 Å². The zero-order valence-corrected chi connectivity index (χ0v) is 24.3. The monoisotopic (exact) mass is 560 g/mol. The van der Waals surface area contributed by atoms with Crippen LogP contribution >= 0.6 is 0 Å². The van der Waals surface area contributed by atoms with Crippen molar-refractivity contribution in [2.24, 2.45) is 35.6 Å². The second kappa shape index (κ2) is 9.35. The topological polar surface area (TPSA) is 99.9 Å². The van der Waals surface area contributed by atoms with Gasteiger partial charge in [-0.15, -0.1) is 0 Å². The van der Waals surface area contributed by atoms with E-state index in [4.69, 9.17) is 14.2 Å². The van der Waals surface area contributed by atoms with E-state index in [1.54, 1.807) is 12.2 Å². The molecule has 41 heavy (non-hydrogen) atoms. The van der Waals surface area contributed by atoms with Gasteiger partial charge in [0.15, 0.2) is 24.3 Å². The molecule has 0 bridgehead atoms. The van der Waals surface area contributed by atoms with Crippen molar-refractivity contribution >= 4 is 22.6 Å². The lowest BCUT2D eigenvalue weighted by Gasteiger charge is -2.59. The highest BCUT2D eigenvalue weighted by molar-refractivity contribution is 6.01. The molecule has 4 aliphatic carbocycles. The van der Waals surface area contributed by atoms with Crippen molar-refractivity contribution in [2.75, 3.05) is 6.61 Å². The molecule has 5 unspecified atom stereocenters. The highest BCUT2D eigenvalue weighted by Gasteiger charge is 2.75. The van der Waals surface area contributed by atoms with Gasteiger partial charge in [-0.25, -0.2) is 0 Å². The average Bonchev–Trinajstić information content (AvgIpc) is 3.55. The van der Waals surface area contributed by atoms with Crippen LogP contribution in [0.3, 0.4) is 0 Å². The predicted molar refractivity (Wildman–Crippen MR) is 152 cm³/mol. The van der Waals surface area contributed by atoms with Crippen molar-refractivity contribution in [1.29, 1.82) is 0 Å². The second-order valence-corrected chi connectivity index (χ2v) is 13.3. The summed E-state index contributed by atoms with van der Waals surface area (Å²) in [6, 6.07) is 8.16. The Morgan fingerprint density at radius 1 is 1.27 bits per heavy atom. The van der Waals surface area contributed by atoms with E-state index in [2.05, 4.69) is 25.8 Å². The van der Waals surface area contributed by atoms with Crippen LogP contribution in [0.2, 0.25) is 0 Å². The summed E-state index contributed by atoms with van der Waals surface area (Å²) in [5.41, 5.74) is 0.653. The van der Waals surface area contributed by atoms with Gasteiger partial charge in [-0.3, -0.25) is 14.2 Å². The van der Waals surface area contributed by atoms with Crippen LogP contribution < -0.4 is 4.74 Å². The number of hydrogen-bond donors (Lipinski definition) is 1. The smallest absolute Gasteiger partial charge is 0.297 e. The molecule has 1 saturated heterocycles. The van der Waals surface area contributed by atoms with Crippen LogP contribution in [-0.2, 0) is 26.1 Å². The van der Waals surface area contributed by atoms with E-state index in [0.717, 1.165) is 35.9 Å². The number of hydrogen-bond acceptors (Lipinski definition) is 7. The molecule has 1 aliphatic heterocycles. The molecule has 0 radical (unpaired) electrons. The average molecular weight is 561 g/mol. The molecule has 1 aromatic carbocycles. The van der Waals surface area contributed by atoms with E-state index in [1.165, 1.54) is 0 Å². The van der Waals surface area contributed by atoms with Crippen LogP contribution in [-0.4, -0.2) is 56.9 Å². The first-order valence-electron chi connectivity index (χ1n) is 15.2. The van der Waals surface area contributed by atoms with Crippen LogP contribution in [0.15, 0.2) is 48.1 Å². The normalized spacial score (nSPS) is 41.0. The highest BCUT2D eigenvalue weighted by Crippen LogP contribution is 2.69. The van der Waals surface area contributed by atoms with Crippen LogP contribution in [0.4, 0.5) is 0 Å². The molecule has 218 valence electrons. The summed E-state index contributed by atoms with van der Waals surface area (Å²) in [5.74, 6) is 0.160. The Balaban J connectivity index is 1.23. The molecule has 9 atom stereocenters. The number of aryl methyl sites for hydroxylation is 1. The second-order valence-electron chi connectivity index (χ2n) is 13.3. The van der Waals surface area contributed by atoms with Gasteiger partial charge in [-0.2, -0.15) is 4.98 Å². The summed E-state index contributed by atoms with van der Waals surface area (Å²) >= 11 is 0. The minimum Gasteiger partial charge on any atom is -0.457 e. The van der Waals surface area contributed by atoms with Crippen LogP contribution in [0, 0.1) is 28.6 Å². The van der Waals surface area contributed by atoms with Gasteiger partial charge in [0.2, 0.25) is 5.78 Å². The molecule has 2 heterocycles. The Morgan fingerprint density at radius 3 is 2.85 bits per heavy atom. The summed E-state index contributed by atoms with van der Waals surface area (Å²) in [6.45, 7) is 6.20. The fraction of sp³-hybridized carbons (Fsp3) is 0.606. The molecule has 1 aromatic heterocycles. The minimum absolute atomic E-state index is 0.0235. The van der Waals surface area contributed by atoms with Crippen LogP contribution in [0.5, 0.6) is 6.01 Å². The molecular formula is C33H40N2O6. The first kappa shape index (κ1) is 27.0. The standard InChI is InChI=1S/C33H40N2O6/c1-5-8-28-40-27-16-22-21-12-11-19-15-20(36)13-14-31(19,2)29(21)25(37)17-32(22,3)33(27,41-28)26(38)18-39-30-34-23-9-6-7-10-24(23)35(30)4/h6-7,9-10,13-15,21-22,25,27-29,37H,5,8,11-12,16-18H2,1-4H3/t21?,22?,25-,27+,28+,29?,31?,32?,33+/m0/s1. The van der Waals surface area contributed by atoms with Crippen molar-refractivity contribution in [2.45, 2.75) is 83.4 Å². The van der Waals surface area contributed by atoms with Gasteiger partial charge < -0.3 is 19.3 Å². The van der Waals surface area contributed by atoms with Crippen molar-refractivity contribution in [1.82, 2.24) is 9.55 Å². The van der Waals surface area contributed by atoms with Gasteiger partial charge >= 0.3 is 0 Å². The SMILES string of the molecule is CCC[C@@H]1O[C@@H]2CC3C4CCC5=CC(=O)C=CC5(C)C4[C@@H](O)CC3(C)[C@]2(C(=O)COc2nc3ccccc3n2C)O1. The van der Waals surface area contributed by atoms with E-state index in [-0.39, 0.29) is 41.3 Å². The number of nitrogens with zero attached hydrogens (tertiary/aromatic N) is 2. The zero-order chi connectivity index (χ0) is 28.7. The van der Waals surface area contributed by atoms with Crippen molar-refractivity contribution < 1.29 is 28.9 Å². The van der Waals surface area contributed by atoms with Gasteiger partial charge in [0.25, 0.3) is 6.01 Å². The first-order valence-corrected chi connectivity index (χ1v) is 15.2. The molecule has 5 aliphatic rings. The number of rotatable bonds is 6. The number of ketones is 2. The number of aromatic nitrogens is 2. The lowest BCUT2D eigenvalue weighted by molar-refractivity contribution is -0.200. The highest BCUT2D eigenvalue weighted by atomic mass is 16.7. The van der Waals surface area contributed by atoms with Gasteiger partial charge in [0, 0.05) is 23.8 Å². The molecule has 1 N–H and O–H groups in total. The Bertz CT molecular complexity index is 1480. The van der Waals surface area contributed by atoms with Crippen LogP contribution in [0.1, 0.15) is 59.3 Å². The summed E-state index contributed by atoms with van der Waals surface area (Å²) in [4.78, 5) is 31.2. The number of para-hydroxylation sites is 2. The Labute approximate surface area is 240 Å². The fourth-order valence-electron chi connectivity index (χ4n) is 9.50. The van der Waals surface area contributed by atoms with Crippen molar-refractivity contribution in [3.05, 3.63) is 48.1 Å². The maximum absolute atomic E-state index is 14.4. The number of imidazole rings is 1. The number of carbonyl (C=O) groups is 2. The number of carbonyl (C=O) groups excluding carboxylic acids is 2. The van der Waals surface area contributed by atoms with E-state index >= 15 is 0 Å². The maximum Gasteiger partial charge on any atom is 0.297 e. The number of ether oxygens (including phenoxy) is 3. The van der Waals surface area contributed by atoms with E-state index < -0.39 is 29.5 Å². The number of benzene rings is 1. The third kappa shape index (κ3) is 3.66. The summed E-state index contributed by atoms with van der Waals surface area (Å²) in [7, 11) is 1.88. The van der Waals surface area contributed by atoms with Gasteiger partial charge in [0.05, 0.1) is 23.2 Å². The molecule has 0 amide bonds. The summed E-state index contributed by atoms with van der Waals surface area (Å²) < 4.78 is 21.2. The van der Waals surface area contributed by atoms with Crippen molar-refractivity contribution in [3.8, 4) is 6.01 Å². The van der Waals surface area contributed by atoms with E-state index in [9.17, 15) is 14.7 Å². The van der Waals surface area contributed by atoms with Crippen molar-refractivity contribution in [3.63, 3.8) is 0 Å². The van der Waals surface area contributed by atoms with Gasteiger partial charge in [-0.1, -0.05) is 51.0 Å². The van der Waals surface area contributed by atoms with E-state index in [1.807, 2.05) is 42.0 Å². The molecule has 3 saturated carbocycles. The molecule has 8 nitrogen and oxygen atoms in total. The molecule has 7 rings (SSSR count). The third-order valence-corrected chi connectivity index (χ3v) is 11.3. The number of Topliss-reactive ketones (excluding diaryl/α,β-unsaturated/α-hetero) is 1. The zero-order valence-electron chi connectivity index (χ0n) is 24.3. The number of fused-ring (bicyclic) bond motifs is 8. The molecule has 8 heteroatoms. The lowest BCUT2D eigenvalue weighted by atomic mass is 9.46. The lowest BCUT2D eigenvalue weighted by Crippen LogP contribution is -2.63. The first-order chi connectivity index (χ1) is 19.6. The summed E-state index contributed by atoms with van der Waals surface area (Å²) in [6.07, 6.45) is 8.34. The molecule has 0 spiro atoms. The quantitative estimate of drug-likeness (QED) is 0.547. The minimum atomic E-state index is -1.20. The Hall–Kier alpha value is -2.81. The van der Waals surface area contributed by atoms with Gasteiger partial charge in [-0.05, 0) is 68.2 Å².